The Hall–Kier alpha value is -0.570. The number of hydrogen-bond acceptors (Lipinski definition) is 2. The lowest BCUT2D eigenvalue weighted by molar-refractivity contribution is -0.122. The molecule has 3 nitrogen and oxygen atoms in total. The largest absolute Gasteiger partial charge is 0.355 e. The molecule has 1 aliphatic carbocycles. The van der Waals surface area contributed by atoms with Crippen LogP contribution in [-0.4, -0.2) is 24.5 Å². The van der Waals surface area contributed by atoms with Gasteiger partial charge in [0.05, 0.1) is 6.04 Å². The van der Waals surface area contributed by atoms with Crippen LogP contribution in [0.3, 0.4) is 0 Å². The maximum Gasteiger partial charge on any atom is 0.237 e. The second-order valence-electron chi connectivity index (χ2n) is 3.45. The smallest absolute Gasteiger partial charge is 0.237 e. The molecule has 1 saturated carbocycles. The first-order chi connectivity index (χ1) is 5.31. The summed E-state index contributed by atoms with van der Waals surface area (Å²) in [5.41, 5.74) is 0. The van der Waals surface area contributed by atoms with Gasteiger partial charge in [-0.1, -0.05) is 0 Å². The van der Waals surface area contributed by atoms with Crippen molar-refractivity contribution in [3.63, 3.8) is 0 Å². The predicted octanol–water partition coefficient (Wildman–Crippen LogP) is -0.127. The Balaban J connectivity index is 1.82. The maximum absolute atomic E-state index is 11.2. The molecule has 2 aliphatic rings. The third-order valence-electron chi connectivity index (χ3n) is 2.54. The summed E-state index contributed by atoms with van der Waals surface area (Å²) < 4.78 is 0. The molecule has 0 bridgehead atoms. The van der Waals surface area contributed by atoms with Crippen molar-refractivity contribution in [2.75, 3.05) is 6.54 Å². The van der Waals surface area contributed by atoms with Gasteiger partial charge in [0.1, 0.15) is 0 Å². The van der Waals surface area contributed by atoms with Crippen LogP contribution >= 0.6 is 0 Å². The fourth-order valence-electron chi connectivity index (χ4n) is 1.82. The summed E-state index contributed by atoms with van der Waals surface area (Å²) in [6.45, 7) is 2.69. The molecule has 0 radical (unpaired) electrons. The zero-order valence-corrected chi connectivity index (χ0v) is 6.76. The number of amides is 1. The summed E-state index contributed by atoms with van der Waals surface area (Å²) in [6, 6.07) is 0.779. The molecule has 0 aromatic heterocycles. The summed E-state index contributed by atoms with van der Waals surface area (Å²) >= 11 is 0. The van der Waals surface area contributed by atoms with Gasteiger partial charge in [-0.25, -0.2) is 0 Å². The zero-order chi connectivity index (χ0) is 7.84. The number of carbonyl (C=O) groups is 1. The van der Waals surface area contributed by atoms with Gasteiger partial charge in [0, 0.05) is 12.6 Å². The second-order valence-corrected chi connectivity index (χ2v) is 3.45. The van der Waals surface area contributed by atoms with Gasteiger partial charge in [0.2, 0.25) is 5.91 Å². The number of hydrogen-bond donors (Lipinski definition) is 2. The SMILES string of the molecule is CCNC(=O)C1CC2CC2N1. The summed E-state index contributed by atoms with van der Waals surface area (Å²) in [6.07, 6.45) is 2.34. The number of nitrogens with one attached hydrogen (secondary N) is 2. The molecule has 1 heterocycles. The third kappa shape index (κ3) is 1.25. The highest BCUT2D eigenvalue weighted by atomic mass is 16.2. The minimum Gasteiger partial charge on any atom is -0.355 e. The van der Waals surface area contributed by atoms with Crippen molar-refractivity contribution in [2.45, 2.75) is 31.8 Å². The van der Waals surface area contributed by atoms with E-state index >= 15 is 0 Å². The van der Waals surface area contributed by atoms with E-state index in [4.69, 9.17) is 0 Å². The van der Waals surface area contributed by atoms with E-state index in [1.54, 1.807) is 0 Å². The molecule has 3 atom stereocenters. The van der Waals surface area contributed by atoms with Crippen LogP contribution in [0.2, 0.25) is 0 Å². The van der Waals surface area contributed by atoms with E-state index in [0.29, 0.717) is 6.04 Å². The van der Waals surface area contributed by atoms with Crippen LogP contribution in [0.15, 0.2) is 0 Å². The Labute approximate surface area is 66.5 Å². The Morgan fingerprint density at radius 3 is 3.00 bits per heavy atom. The van der Waals surface area contributed by atoms with Crippen molar-refractivity contribution < 1.29 is 4.79 Å². The fraction of sp³-hybridized carbons (Fsp3) is 0.875. The van der Waals surface area contributed by atoms with Crippen LogP contribution in [-0.2, 0) is 4.79 Å². The second kappa shape index (κ2) is 2.48. The van der Waals surface area contributed by atoms with E-state index in [1.165, 1.54) is 6.42 Å². The predicted molar refractivity (Wildman–Crippen MR) is 42.1 cm³/mol. The van der Waals surface area contributed by atoms with Crippen molar-refractivity contribution in [1.29, 1.82) is 0 Å². The number of fused-ring (bicyclic) bond motifs is 1. The Morgan fingerprint density at radius 2 is 2.45 bits per heavy atom. The summed E-state index contributed by atoms with van der Waals surface area (Å²) in [4.78, 5) is 11.2. The molecule has 1 aliphatic heterocycles. The monoisotopic (exact) mass is 154 g/mol. The normalized spacial score (nSPS) is 39.9. The topological polar surface area (TPSA) is 41.1 Å². The lowest BCUT2D eigenvalue weighted by atomic mass is 10.2. The highest BCUT2D eigenvalue weighted by Gasteiger charge is 2.47. The molecule has 2 rings (SSSR count). The van der Waals surface area contributed by atoms with E-state index < -0.39 is 0 Å². The van der Waals surface area contributed by atoms with Crippen molar-refractivity contribution in [2.24, 2.45) is 5.92 Å². The molecular formula is C8H14N2O. The van der Waals surface area contributed by atoms with Gasteiger partial charge in [-0.05, 0) is 25.7 Å². The first kappa shape index (κ1) is 7.10. The minimum atomic E-state index is 0.110. The molecular weight excluding hydrogens is 140 g/mol. The van der Waals surface area contributed by atoms with E-state index in [2.05, 4.69) is 10.6 Å². The van der Waals surface area contributed by atoms with E-state index in [9.17, 15) is 4.79 Å². The van der Waals surface area contributed by atoms with Gasteiger partial charge in [-0.15, -0.1) is 0 Å². The van der Waals surface area contributed by atoms with Crippen molar-refractivity contribution in [3.8, 4) is 0 Å². The van der Waals surface area contributed by atoms with Gasteiger partial charge < -0.3 is 10.6 Å². The number of rotatable bonds is 2. The average Bonchev–Trinajstić information content (AvgIpc) is 2.59. The van der Waals surface area contributed by atoms with E-state index in [1.807, 2.05) is 6.92 Å². The van der Waals surface area contributed by atoms with Gasteiger partial charge in [-0.3, -0.25) is 4.79 Å². The van der Waals surface area contributed by atoms with Crippen molar-refractivity contribution in [1.82, 2.24) is 10.6 Å². The molecule has 11 heavy (non-hydrogen) atoms. The molecule has 2 N–H and O–H groups in total. The van der Waals surface area contributed by atoms with Gasteiger partial charge in [-0.2, -0.15) is 0 Å². The molecule has 2 fully saturated rings. The summed E-state index contributed by atoms with van der Waals surface area (Å²) in [5, 5.41) is 6.13. The number of likely N-dealkylation sites (N-methyl/N-ethyl adjacent to an activating group) is 1. The molecule has 3 unspecified atom stereocenters. The zero-order valence-electron chi connectivity index (χ0n) is 6.76. The van der Waals surface area contributed by atoms with Gasteiger partial charge in [0.25, 0.3) is 0 Å². The molecule has 62 valence electrons. The van der Waals surface area contributed by atoms with Crippen LogP contribution in [0.4, 0.5) is 0 Å². The molecule has 0 spiro atoms. The molecule has 3 heteroatoms. The lowest BCUT2D eigenvalue weighted by Crippen LogP contribution is -2.42. The molecule has 0 aromatic carbocycles. The summed E-state index contributed by atoms with van der Waals surface area (Å²) in [5.74, 6) is 0.988. The third-order valence-corrected chi connectivity index (χ3v) is 2.54. The fourth-order valence-corrected chi connectivity index (χ4v) is 1.82. The standard InChI is InChI=1S/C8H14N2O/c1-2-9-8(11)7-4-5-3-6(5)10-7/h5-7,10H,2-4H2,1H3,(H,9,11). The summed E-state index contributed by atoms with van der Waals surface area (Å²) in [7, 11) is 0. The highest BCUT2D eigenvalue weighted by Crippen LogP contribution is 2.40. The Kier molecular flexibility index (Phi) is 1.60. The first-order valence-corrected chi connectivity index (χ1v) is 4.35. The molecule has 0 aromatic rings. The van der Waals surface area contributed by atoms with Crippen molar-refractivity contribution in [3.05, 3.63) is 0 Å². The van der Waals surface area contributed by atoms with Crippen LogP contribution in [0.5, 0.6) is 0 Å². The van der Waals surface area contributed by atoms with Gasteiger partial charge >= 0.3 is 0 Å². The average molecular weight is 154 g/mol. The Bertz CT molecular complexity index is 171. The van der Waals surface area contributed by atoms with E-state index in [0.717, 1.165) is 18.9 Å². The highest BCUT2D eigenvalue weighted by molar-refractivity contribution is 5.82. The van der Waals surface area contributed by atoms with Gasteiger partial charge in [0.15, 0.2) is 0 Å². The number of carbonyl (C=O) groups excluding carboxylic acids is 1. The maximum atomic E-state index is 11.2. The van der Waals surface area contributed by atoms with Crippen molar-refractivity contribution >= 4 is 5.91 Å². The minimum absolute atomic E-state index is 0.110. The number of piperidine rings is 1. The Morgan fingerprint density at radius 1 is 1.64 bits per heavy atom. The first-order valence-electron chi connectivity index (χ1n) is 4.35. The van der Waals surface area contributed by atoms with Crippen LogP contribution in [0.25, 0.3) is 0 Å². The quantitative estimate of drug-likeness (QED) is 0.582. The van der Waals surface area contributed by atoms with Crippen LogP contribution < -0.4 is 10.6 Å². The molecule has 1 amide bonds. The van der Waals surface area contributed by atoms with Crippen LogP contribution in [0, 0.1) is 5.92 Å². The lowest BCUT2D eigenvalue weighted by Gasteiger charge is -2.11. The molecule has 1 saturated heterocycles. The van der Waals surface area contributed by atoms with E-state index in [-0.39, 0.29) is 11.9 Å². The van der Waals surface area contributed by atoms with Crippen LogP contribution in [0.1, 0.15) is 19.8 Å².